The highest BCUT2D eigenvalue weighted by Gasteiger charge is 2.38. The summed E-state index contributed by atoms with van der Waals surface area (Å²) in [6, 6.07) is 0. The van der Waals surface area contributed by atoms with Crippen LogP contribution in [0.1, 0.15) is 43.3 Å². The van der Waals surface area contributed by atoms with E-state index in [2.05, 4.69) is 4.98 Å². The van der Waals surface area contributed by atoms with E-state index >= 15 is 0 Å². The second-order valence-corrected chi connectivity index (χ2v) is 8.23. The normalized spacial score (nSPS) is 25.5. The first-order valence-corrected chi connectivity index (χ1v) is 9.09. The third-order valence-corrected chi connectivity index (χ3v) is 6.80. The zero-order chi connectivity index (χ0) is 15.0. The van der Waals surface area contributed by atoms with Crippen molar-refractivity contribution in [2.45, 2.75) is 44.0 Å². The molecule has 0 aromatic carbocycles. The minimum Gasteiger partial charge on any atom is -0.368 e. The van der Waals surface area contributed by atoms with Crippen molar-refractivity contribution in [3.63, 3.8) is 0 Å². The van der Waals surface area contributed by atoms with Gasteiger partial charge in [-0.05, 0) is 19.8 Å². The molecule has 0 unspecified atom stereocenters. The molecule has 6 nitrogen and oxygen atoms in total. The van der Waals surface area contributed by atoms with Crippen LogP contribution < -0.4 is 0 Å². The van der Waals surface area contributed by atoms with Crippen LogP contribution in [-0.2, 0) is 21.8 Å². The lowest BCUT2D eigenvalue weighted by Gasteiger charge is -2.33. The second-order valence-electron chi connectivity index (χ2n) is 6.02. The highest BCUT2D eigenvalue weighted by atomic mass is 32.2. The van der Waals surface area contributed by atoms with Crippen LogP contribution in [0.5, 0.6) is 0 Å². The number of ether oxygens (including phenoxy) is 1. The Labute approximate surface area is 126 Å². The molecule has 0 amide bonds. The van der Waals surface area contributed by atoms with Gasteiger partial charge >= 0.3 is 0 Å². The van der Waals surface area contributed by atoms with Crippen molar-refractivity contribution in [2.24, 2.45) is 7.05 Å². The monoisotopic (exact) mass is 313 g/mol. The summed E-state index contributed by atoms with van der Waals surface area (Å²) in [5, 5.41) is -0.195. The molecule has 2 fully saturated rings. The molecule has 1 aromatic rings. The lowest BCUT2D eigenvalue weighted by molar-refractivity contribution is -0.00919. The molecule has 7 heteroatoms. The summed E-state index contributed by atoms with van der Waals surface area (Å²) in [5.74, 6) is 0.804. The fraction of sp³-hybridized carbons (Fsp3) is 0.786. The van der Waals surface area contributed by atoms with E-state index in [0.29, 0.717) is 19.7 Å². The number of rotatable bonds is 3. The number of hydrogen-bond acceptors (Lipinski definition) is 4. The lowest BCUT2D eigenvalue weighted by atomic mass is 10.3. The average molecular weight is 313 g/mol. The molecule has 0 spiro atoms. The van der Waals surface area contributed by atoms with E-state index in [1.165, 1.54) is 0 Å². The molecule has 1 aromatic heterocycles. The van der Waals surface area contributed by atoms with E-state index in [4.69, 9.17) is 4.74 Å². The van der Waals surface area contributed by atoms with Gasteiger partial charge in [-0.25, -0.2) is 13.4 Å². The summed E-state index contributed by atoms with van der Waals surface area (Å²) in [6.45, 7) is 3.20. The van der Waals surface area contributed by atoms with Gasteiger partial charge in [-0.15, -0.1) is 0 Å². The van der Waals surface area contributed by atoms with E-state index in [0.717, 1.165) is 37.2 Å². The van der Waals surface area contributed by atoms with Crippen LogP contribution in [0.15, 0.2) is 6.20 Å². The van der Waals surface area contributed by atoms with Crippen LogP contribution in [0.3, 0.4) is 0 Å². The molecule has 0 radical (unpaired) electrons. The van der Waals surface area contributed by atoms with E-state index in [1.54, 1.807) is 4.31 Å². The average Bonchev–Trinajstić information content (AvgIpc) is 3.09. The number of aryl methyl sites for hydroxylation is 2. The van der Waals surface area contributed by atoms with Gasteiger partial charge in [-0.1, -0.05) is 12.8 Å². The van der Waals surface area contributed by atoms with Gasteiger partial charge in [0, 0.05) is 26.3 Å². The Morgan fingerprint density at radius 2 is 2.05 bits per heavy atom. The third kappa shape index (κ3) is 2.86. The predicted molar refractivity (Wildman–Crippen MR) is 79.4 cm³/mol. The highest BCUT2D eigenvalue weighted by Crippen LogP contribution is 2.30. The second kappa shape index (κ2) is 5.70. The highest BCUT2D eigenvalue weighted by molar-refractivity contribution is 7.89. The van der Waals surface area contributed by atoms with Gasteiger partial charge in [-0.3, -0.25) is 0 Å². The smallest absolute Gasteiger partial charge is 0.217 e. The quantitative estimate of drug-likeness (QED) is 0.845. The van der Waals surface area contributed by atoms with Crippen molar-refractivity contribution in [1.29, 1.82) is 0 Å². The zero-order valence-corrected chi connectivity index (χ0v) is 13.5. The molecule has 1 saturated carbocycles. The number of imidazole rings is 1. The molecule has 1 saturated heterocycles. The van der Waals surface area contributed by atoms with Crippen molar-refractivity contribution in [2.75, 3.05) is 19.7 Å². The summed E-state index contributed by atoms with van der Waals surface area (Å²) in [5.41, 5.74) is 0.923. The van der Waals surface area contributed by atoms with Gasteiger partial charge in [0.25, 0.3) is 0 Å². The Hall–Kier alpha value is -0.920. The van der Waals surface area contributed by atoms with E-state index in [9.17, 15) is 8.42 Å². The van der Waals surface area contributed by atoms with Crippen LogP contribution in [0.25, 0.3) is 0 Å². The van der Waals surface area contributed by atoms with E-state index in [1.807, 2.05) is 24.7 Å². The number of sulfonamides is 1. The number of hydrogen-bond donors (Lipinski definition) is 0. The van der Waals surface area contributed by atoms with Crippen LogP contribution >= 0.6 is 0 Å². The van der Waals surface area contributed by atoms with E-state index < -0.39 is 10.0 Å². The summed E-state index contributed by atoms with van der Waals surface area (Å²) < 4.78 is 34.7. The van der Waals surface area contributed by atoms with Crippen LogP contribution in [0.4, 0.5) is 0 Å². The van der Waals surface area contributed by atoms with Crippen LogP contribution in [0.2, 0.25) is 0 Å². The van der Waals surface area contributed by atoms with Crippen LogP contribution in [-0.4, -0.2) is 47.2 Å². The number of morpholine rings is 1. The Morgan fingerprint density at radius 1 is 1.33 bits per heavy atom. The largest absolute Gasteiger partial charge is 0.368 e. The maximum atomic E-state index is 12.7. The minimum atomic E-state index is -3.19. The van der Waals surface area contributed by atoms with Crippen molar-refractivity contribution >= 4 is 10.0 Å². The SMILES string of the molecule is Cc1cn(C)c([C@H]2CN(S(=O)(=O)C3CCCC3)CCO2)n1. The predicted octanol–water partition coefficient (Wildman–Crippen LogP) is 1.37. The summed E-state index contributed by atoms with van der Waals surface area (Å²) >= 11 is 0. The van der Waals surface area contributed by atoms with E-state index in [-0.39, 0.29) is 11.4 Å². The molecule has 2 heterocycles. The van der Waals surface area contributed by atoms with Gasteiger partial charge in [-0.2, -0.15) is 4.31 Å². The standard InChI is InChI=1S/C14H23N3O3S/c1-11-9-16(2)14(15-11)13-10-17(7-8-20-13)21(18,19)12-5-3-4-6-12/h9,12-13H,3-8,10H2,1-2H3/t13-/m1/s1. The Kier molecular flexibility index (Phi) is 4.07. The number of nitrogens with zero attached hydrogens (tertiary/aromatic N) is 3. The van der Waals surface area contributed by atoms with Gasteiger partial charge < -0.3 is 9.30 Å². The minimum absolute atomic E-state index is 0.195. The molecule has 1 aliphatic carbocycles. The first-order valence-electron chi connectivity index (χ1n) is 7.59. The topological polar surface area (TPSA) is 64.4 Å². The molecular weight excluding hydrogens is 290 g/mol. The Balaban J connectivity index is 1.78. The maximum absolute atomic E-state index is 12.7. The summed E-state index contributed by atoms with van der Waals surface area (Å²) in [4.78, 5) is 4.46. The molecule has 0 N–H and O–H groups in total. The Morgan fingerprint density at radius 3 is 2.67 bits per heavy atom. The lowest BCUT2D eigenvalue weighted by Crippen LogP contribution is -2.46. The molecule has 1 atom stereocenters. The first-order chi connectivity index (χ1) is 9.98. The zero-order valence-electron chi connectivity index (χ0n) is 12.7. The van der Waals surface area contributed by atoms with Crippen molar-refractivity contribution < 1.29 is 13.2 Å². The first kappa shape index (κ1) is 15.0. The van der Waals surface area contributed by atoms with Gasteiger partial charge in [0.05, 0.1) is 17.6 Å². The maximum Gasteiger partial charge on any atom is 0.217 e. The van der Waals surface area contributed by atoms with Crippen molar-refractivity contribution in [3.8, 4) is 0 Å². The molecule has 2 aliphatic rings. The summed E-state index contributed by atoms with van der Waals surface area (Å²) in [7, 11) is -1.27. The van der Waals surface area contributed by atoms with Gasteiger partial charge in [0.2, 0.25) is 10.0 Å². The van der Waals surface area contributed by atoms with Crippen molar-refractivity contribution in [1.82, 2.24) is 13.9 Å². The fourth-order valence-electron chi connectivity index (χ4n) is 3.34. The summed E-state index contributed by atoms with van der Waals surface area (Å²) in [6.07, 6.45) is 5.31. The molecule has 118 valence electrons. The van der Waals surface area contributed by atoms with Gasteiger partial charge in [0.1, 0.15) is 11.9 Å². The fourth-order valence-corrected chi connectivity index (χ4v) is 5.37. The van der Waals surface area contributed by atoms with Crippen LogP contribution in [0, 0.1) is 6.92 Å². The molecule has 21 heavy (non-hydrogen) atoms. The molecular formula is C14H23N3O3S. The molecule has 3 rings (SSSR count). The van der Waals surface area contributed by atoms with Gasteiger partial charge in [0.15, 0.2) is 0 Å². The third-order valence-electron chi connectivity index (χ3n) is 4.43. The molecule has 1 aliphatic heterocycles. The number of aromatic nitrogens is 2. The Bertz CT molecular complexity index is 605. The molecule has 0 bridgehead atoms. The van der Waals surface area contributed by atoms with Crippen molar-refractivity contribution in [3.05, 3.63) is 17.7 Å².